The zero-order chi connectivity index (χ0) is 10.1. The lowest BCUT2D eigenvalue weighted by Crippen LogP contribution is -2.13. The molecule has 1 aliphatic carbocycles. The predicted molar refractivity (Wildman–Crippen MR) is 63.0 cm³/mol. The van der Waals surface area contributed by atoms with Crippen molar-refractivity contribution in [2.24, 2.45) is 0 Å². The molecular formula is C11H11IO2. The van der Waals surface area contributed by atoms with Crippen LogP contribution >= 0.6 is 22.6 Å². The van der Waals surface area contributed by atoms with E-state index in [0.717, 1.165) is 33.3 Å². The van der Waals surface area contributed by atoms with Crippen LogP contribution in [-0.2, 0) is 6.42 Å². The molecule has 0 aromatic heterocycles. The molecule has 14 heavy (non-hydrogen) atoms. The average molecular weight is 302 g/mol. The summed E-state index contributed by atoms with van der Waals surface area (Å²) in [6, 6.07) is 3.89. The number of benzene rings is 1. The van der Waals surface area contributed by atoms with Crippen molar-refractivity contribution < 1.29 is 9.53 Å². The highest BCUT2D eigenvalue weighted by Crippen LogP contribution is 2.32. The summed E-state index contributed by atoms with van der Waals surface area (Å²) in [5, 5.41) is 0. The fourth-order valence-electron chi connectivity index (χ4n) is 1.89. The lowest BCUT2D eigenvalue weighted by atomic mass is 9.90. The van der Waals surface area contributed by atoms with Crippen LogP contribution in [0.5, 0.6) is 5.75 Å². The summed E-state index contributed by atoms with van der Waals surface area (Å²) >= 11 is 2.22. The first-order chi connectivity index (χ1) is 6.74. The van der Waals surface area contributed by atoms with Gasteiger partial charge in [0.25, 0.3) is 0 Å². The molecule has 0 unspecified atom stereocenters. The smallest absolute Gasteiger partial charge is 0.164 e. The monoisotopic (exact) mass is 302 g/mol. The minimum Gasteiger partial charge on any atom is -0.496 e. The van der Waals surface area contributed by atoms with Gasteiger partial charge in [0.2, 0.25) is 0 Å². The molecule has 1 aromatic carbocycles. The van der Waals surface area contributed by atoms with E-state index in [-0.39, 0.29) is 5.78 Å². The van der Waals surface area contributed by atoms with E-state index in [1.165, 1.54) is 0 Å². The molecule has 0 N–H and O–H groups in total. The second-order valence-electron chi connectivity index (χ2n) is 3.38. The Bertz CT molecular complexity index is 385. The van der Waals surface area contributed by atoms with Gasteiger partial charge >= 0.3 is 0 Å². The third-order valence-electron chi connectivity index (χ3n) is 2.55. The molecule has 1 aliphatic rings. The first kappa shape index (κ1) is 9.96. The predicted octanol–water partition coefficient (Wildman–Crippen LogP) is 2.82. The molecule has 3 heteroatoms. The number of rotatable bonds is 1. The van der Waals surface area contributed by atoms with Crippen LogP contribution in [0.1, 0.15) is 28.8 Å². The average Bonchev–Trinajstić information content (AvgIpc) is 2.18. The van der Waals surface area contributed by atoms with Crippen molar-refractivity contribution in [1.29, 1.82) is 0 Å². The minimum atomic E-state index is 0.259. The van der Waals surface area contributed by atoms with Crippen LogP contribution in [0, 0.1) is 3.57 Å². The first-order valence-corrected chi connectivity index (χ1v) is 5.70. The molecule has 0 aliphatic heterocycles. The Morgan fingerprint density at radius 2 is 2.14 bits per heavy atom. The molecule has 0 saturated carbocycles. The highest BCUT2D eigenvalue weighted by Gasteiger charge is 2.22. The van der Waals surface area contributed by atoms with Crippen LogP contribution in [0.15, 0.2) is 12.1 Å². The minimum absolute atomic E-state index is 0.259. The summed E-state index contributed by atoms with van der Waals surface area (Å²) in [6.07, 6.45) is 2.58. The van der Waals surface area contributed by atoms with Gasteiger partial charge in [-0.3, -0.25) is 4.79 Å². The highest BCUT2D eigenvalue weighted by atomic mass is 127. The van der Waals surface area contributed by atoms with E-state index in [1.54, 1.807) is 7.11 Å². The van der Waals surface area contributed by atoms with E-state index >= 15 is 0 Å². The number of ether oxygens (including phenoxy) is 1. The van der Waals surface area contributed by atoms with E-state index in [9.17, 15) is 4.79 Å². The SMILES string of the molecule is COc1ccc(I)c2c1CCCC2=O. The molecule has 1 aromatic rings. The topological polar surface area (TPSA) is 26.3 Å². The number of hydrogen-bond donors (Lipinski definition) is 0. The summed E-state index contributed by atoms with van der Waals surface area (Å²) in [5.74, 6) is 1.11. The van der Waals surface area contributed by atoms with Crippen molar-refractivity contribution in [2.45, 2.75) is 19.3 Å². The van der Waals surface area contributed by atoms with Crippen LogP contribution in [0.25, 0.3) is 0 Å². The van der Waals surface area contributed by atoms with E-state index in [0.29, 0.717) is 6.42 Å². The number of halogens is 1. The molecule has 0 atom stereocenters. The normalized spacial score (nSPS) is 15.1. The number of carbonyl (C=O) groups is 1. The standard InChI is InChI=1S/C11H11IO2/c1-14-10-6-5-8(12)11-7(10)3-2-4-9(11)13/h5-6H,2-4H2,1H3. The maximum atomic E-state index is 11.7. The number of methoxy groups -OCH3 is 1. The van der Waals surface area contributed by atoms with Gasteiger partial charge < -0.3 is 4.74 Å². The molecule has 2 rings (SSSR count). The van der Waals surface area contributed by atoms with Gasteiger partial charge in [0, 0.05) is 21.1 Å². The van der Waals surface area contributed by atoms with E-state index in [1.807, 2.05) is 12.1 Å². The Labute approximate surface area is 96.8 Å². The molecule has 0 radical (unpaired) electrons. The van der Waals surface area contributed by atoms with E-state index in [2.05, 4.69) is 22.6 Å². The van der Waals surface area contributed by atoms with Crippen molar-refractivity contribution in [3.05, 3.63) is 26.8 Å². The summed E-state index contributed by atoms with van der Waals surface area (Å²) in [4.78, 5) is 11.7. The number of carbonyl (C=O) groups excluding carboxylic acids is 1. The first-order valence-electron chi connectivity index (χ1n) is 4.62. The van der Waals surface area contributed by atoms with Crippen LogP contribution in [-0.4, -0.2) is 12.9 Å². The Kier molecular flexibility index (Phi) is 2.76. The number of ketones is 1. The summed E-state index contributed by atoms with van der Waals surface area (Å²) in [5.41, 5.74) is 1.98. The molecule has 74 valence electrons. The number of hydrogen-bond acceptors (Lipinski definition) is 2. The molecule has 0 bridgehead atoms. The summed E-state index contributed by atoms with van der Waals surface area (Å²) < 4.78 is 6.30. The molecule has 0 fully saturated rings. The largest absolute Gasteiger partial charge is 0.496 e. The Morgan fingerprint density at radius 1 is 1.36 bits per heavy atom. The molecule has 0 amide bonds. The fraction of sp³-hybridized carbons (Fsp3) is 0.364. The van der Waals surface area contributed by atoms with E-state index < -0.39 is 0 Å². The Morgan fingerprint density at radius 3 is 2.86 bits per heavy atom. The van der Waals surface area contributed by atoms with E-state index in [4.69, 9.17) is 4.74 Å². The van der Waals surface area contributed by atoms with Crippen molar-refractivity contribution in [2.75, 3.05) is 7.11 Å². The maximum absolute atomic E-state index is 11.7. The fourth-order valence-corrected chi connectivity index (χ4v) is 2.70. The van der Waals surface area contributed by atoms with Gasteiger partial charge in [-0.15, -0.1) is 0 Å². The molecule has 0 spiro atoms. The molecule has 0 heterocycles. The molecule has 2 nitrogen and oxygen atoms in total. The summed E-state index contributed by atoms with van der Waals surface area (Å²) in [7, 11) is 1.65. The van der Waals surface area contributed by atoms with Crippen molar-refractivity contribution in [3.8, 4) is 5.75 Å². The summed E-state index contributed by atoms with van der Waals surface area (Å²) in [6.45, 7) is 0. The lowest BCUT2D eigenvalue weighted by molar-refractivity contribution is 0.0970. The van der Waals surface area contributed by atoms with Crippen molar-refractivity contribution >= 4 is 28.4 Å². The third kappa shape index (κ3) is 1.54. The van der Waals surface area contributed by atoms with Crippen LogP contribution in [0.3, 0.4) is 0 Å². The van der Waals surface area contributed by atoms with Crippen LogP contribution < -0.4 is 4.74 Å². The van der Waals surface area contributed by atoms with Crippen molar-refractivity contribution in [3.63, 3.8) is 0 Å². The van der Waals surface area contributed by atoms with Gasteiger partial charge in [-0.2, -0.15) is 0 Å². The van der Waals surface area contributed by atoms with Gasteiger partial charge in [0.15, 0.2) is 5.78 Å². The van der Waals surface area contributed by atoms with Gasteiger partial charge in [0.05, 0.1) is 7.11 Å². The lowest BCUT2D eigenvalue weighted by Gasteiger charge is -2.18. The number of fused-ring (bicyclic) bond motifs is 1. The quantitative estimate of drug-likeness (QED) is 0.746. The Hall–Kier alpha value is -0.580. The number of Topliss-reactive ketones (excluding diaryl/α,β-unsaturated/α-hetero) is 1. The van der Waals surface area contributed by atoms with Crippen molar-refractivity contribution in [1.82, 2.24) is 0 Å². The molecular weight excluding hydrogens is 291 g/mol. The maximum Gasteiger partial charge on any atom is 0.164 e. The van der Waals surface area contributed by atoms with Gasteiger partial charge in [-0.25, -0.2) is 0 Å². The van der Waals surface area contributed by atoms with Crippen LogP contribution in [0.2, 0.25) is 0 Å². The molecule has 0 saturated heterocycles. The van der Waals surface area contributed by atoms with Gasteiger partial charge in [-0.1, -0.05) is 0 Å². The highest BCUT2D eigenvalue weighted by molar-refractivity contribution is 14.1. The van der Waals surface area contributed by atoms with Gasteiger partial charge in [-0.05, 0) is 47.6 Å². The van der Waals surface area contributed by atoms with Crippen LogP contribution in [0.4, 0.5) is 0 Å². The third-order valence-corrected chi connectivity index (χ3v) is 3.45. The van der Waals surface area contributed by atoms with Gasteiger partial charge in [0.1, 0.15) is 5.75 Å². The Balaban J connectivity index is 2.63. The second kappa shape index (κ2) is 3.88. The zero-order valence-corrected chi connectivity index (χ0v) is 10.1. The zero-order valence-electron chi connectivity index (χ0n) is 7.97. The second-order valence-corrected chi connectivity index (χ2v) is 4.54.